The molecule has 5 nitrogen and oxygen atoms in total. The van der Waals surface area contributed by atoms with Crippen LogP contribution in [0.2, 0.25) is 0 Å². The van der Waals surface area contributed by atoms with E-state index in [-0.39, 0.29) is 22.7 Å². The van der Waals surface area contributed by atoms with Crippen LogP contribution in [-0.2, 0) is 0 Å². The van der Waals surface area contributed by atoms with Gasteiger partial charge in [-0.2, -0.15) is 0 Å². The minimum absolute atomic E-state index is 0.0941. The summed E-state index contributed by atoms with van der Waals surface area (Å²) in [5.41, 5.74) is 0.261. The molecule has 0 saturated carbocycles. The van der Waals surface area contributed by atoms with Crippen LogP contribution in [-0.4, -0.2) is 28.4 Å². The van der Waals surface area contributed by atoms with Crippen molar-refractivity contribution in [2.24, 2.45) is 0 Å². The number of halogens is 1. The highest BCUT2D eigenvalue weighted by molar-refractivity contribution is 5.85. The lowest BCUT2D eigenvalue weighted by Crippen LogP contribution is -2.02. The quantitative estimate of drug-likeness (QED) is 0.899. The van der Waals surface area contributed by atoms with E-state index in [1.807, 2.05) is 0 Å². The SMILES string of the molecule is COc1cccc(-c2ccc(C(=O)O)nn2)c1F. The molecule has 6 heteroatoms. The van der Waals surface area contributed by atoms with Crippen LogP contribution in [0, 0.1) is 5.82 Å². The van der Waals surface area contributed by atoms with Crippen molar-refractivity contribution in [3.63, 3.8) is 0 Å². The lowest BCUT2D eigenvalue weighted by Gasteiger charge is -2.06. The standard InChI is InChI=1S/C12H9FN2O3/c1-18-10-4-2-3-7(11(10)13)8-5-6-9(12(16)17)15-14-8/h2-6H,1H3,(H,16,17). The van der Waals surface area contributed by atoms with Crippen molar-refractivity contribution in [1.82, 2.24) is 10.2 Å². The second-order valence-electron chi connectivity index (χ2n) is 3.43. The maximum absolute atomic E-state index is 13.9. The maximum Gasteiger partial charge on any atom is 0.356 e. The summed E-state index contributed by atoms with van der Waals surface area (Å²) >= 11 is 0. The molecule has 0 atom stereocenters. The average Bonchev–Trinajstić information content (AvgIpc) is 2.39. The van der Waals surface area contributed by atoms with E-state index < -0.39 is 11.8 Å². The average molecular weight is 248 g/mol. The summed E-state index contributed by atoms with van der Waals surface area (Å²) in [6.45, 7) is 0. The Morgan fingerprint density at radius 2 is 2.06 bits per heavy atom. The number of carbonyl (C=O) groups is 1. The molecule has 0 aliphatic heterocycles. The van der Waals surface area contributed by atoms with Crippen molar-refractivity contribution in [2.75, 3.05) is 7.11 Å². The van der Waals surface area contributed by atoms with Crippen molar-refractivity contribution < 1.29 is 19.0 Å². The van der Waals surface area contributed by atoms with Gasteiger partial charge in [0, 0.05) is 5.56 Å². The molecular weight excluding hydrogens is 239 g/mol. The van der Waals surface area contributed by atoms with Crippen molar-refractivity contribution in [1.29, 1.82) is 0 Å². The number of aromatic carboxylic acids is 1. The van der Waals surface area contributed by atoms with Gasteiger partial charge in [0.25, 0.3) is 0 Å². The van der Waals surface area contributed by atoms with E-state index in [0.29, 0.717) is 0 Å². The molecule has 0 unspecified atom stereocenters. The fourth-order valence-corrected chi connectivity index (χ4v) is 1.46. The first-order valence-electron chi connectivity index (χ1n) is 5.03. The number of rotatable bonds is 3. The molecule has 0 fully saturated rings. The summed E-state index contributed by atoms with van der Waals surface area (Å²) in [7, 11) is 1.36. The molecule has 2 rings (SSSR count). The second-order valence-corrected chi connectivity index (χ2v) is 3.43. The second kappa shape index (κ2) is 4.79. The minimum Gasteiger partial charge on any atom is -0.494 e. The molecule has 0 aliphatic carbocycles. The molecular formula is C12H9FN2O3. The topological polar surface area (TPSA) is 72.3 Å². The van der Waals surface area contributed by atoms with Gasteiger partial charge in [0.15, 0.2) is 17.3 Å². The third-order valence-electron chi connectivity index (χ3n) is 2.34. The van der Waals surface area contributed by atoms with Gasteiger partial charge in [-0.25, -0.2) is 9.18 Å². The predicted molar refractivity (Wildman–Crippen MR) is 60.9 cm³/mol. The van der Waals surface area contributed by atoms with Gasteiger partial charge in [0.1, 0.15) is 0 Å². The number of hydrogen-bond donors (Lipinski definition) is 1. The summed E-state index contributed by atoms with van der Waals surface area (Å²) in [5, 5.41) is 15.9. The van der Waals surface area contributed by atoms with E-state index in [2.05, 4.69) is 10.2 Å². The predicted octanol–water partition coefficient (Wildman–Crippen LogP) is 1.99. The number of ether oxygens (including phenoxy) is 1. The minimum atomic E-state index is -1.18. The van der Waals surface area contributed by atoms with Gasteiger partial charge < -0.3 is 9.84 Å². The van der Waals surface area contributed by atoms with E-state index in [4.69, 9.17) is 9.84 Å². The van der Waals surface area contributed by atoms with E-state index in [1.54, 1.807) is 6.07 Å². The van der Waals surface area contributed by atoms with Crippen molar-refractivity contribution >= 4 is 5.97 Å². The maximum atomic E-state index is 13.9. The van der Waals surface area contributed by atoms with Crippen LogP contribution in [0.25, 0.3) is 11.3 Å². The third-order valence-corrected chi connectivity index (χ3v) is 2.34. The van der Waals surface area contributed by atoms with Crippen molar-refractivity contribution in [3.05, 3.63) is 41.8 Å². The molecule has 1 aromatic heterocycles. The Morgan fingerprint density at radius 3 is 2.61 bits per heavy atom. The summed E-state index contributed by atoms with van der Waals surface area (Å²) < 4.78 is 18.8. The highest BCUT2D eigenvalue weighted by atomic mass is 19.1. The number of methoxy groups -OCH3 is 1. The van der Waals surface area contributed by atoms with Crippen LogP contribution in [0.1, 0.15) is 10.5 Å². The Morgan fingerprint density at radius 1 is 1.28 bits per heavy atom. The molecule has 0 spiro atoms. The number of aromatic nitrogens is 2. The lowest BCUT2D eigenvalue weighted by molar-refractivity contribution is 0.0689. The highest BCUT2D eigenvalue weighted by Crippen LogP contribution is 2.27. The molecule has 0 aliphatic rings. The van der Waals surface area contributed by atoms with Gasteiger partial charge in [0.05, 0.1) is 12.8 Å². The molecule has 1 aromatic carbocycles. The van der Waals surface area contributed by atoms with E-state index in [9.17, 15) is 9.18 Å². The first-order chi connectivity index (χ1) is 8.63. The van der Waals surface area contributed by atoms with Crippen molar-refractivity contribution in [2.45, 2.75) is 0 Å². The van der Waals surface area contributed by atoms with Crippen LogP contribution in [0.3, 0.4) is 0 Å². The molecule has 92 valence electrons. The smallest absolute Gasteiger partial charge is 0.356 e. The van der Waals surface area contributed by atoms with Gasteiger partial charge in [-0.3, -0.25) is 0 Å². The number of carboxylic acid groups (broad SMARTS) is 1. The number of benzene rings is 1. The zero-order valence-corrected chi connectivity index (χ0v) is 9.42. The number of carboxylic acids is 1. The zero-order chi connectivity index (χ0) is 13.1. The Kier molecular flexibility index (Phi) is 3.18. The van der Waals surface area contributed by atoms with Gasteiger partial charge in [-0.05, 0) is 24.3 Å². The van der Waals surface area contributed by atoms with Gasteiger partial charge in [-0.1, -0.05) is 6.07 Å². The fraction of sp³-hybridized carbons (Fsp3) is 0.0833. The summed E-state index contributed by atoms with van der Waals surface area (Å²) in [5.74, 6) is -1.64. The Hall–Kier alpha value is -2.50. The van der Waals surface area contributed by atoms with E-state index >= 15 is 0 Å². The first-order valence-corrected chi connectivity index (χ1v) is 5.03. The molecule has 18 heavy (non-hydrogen) atoms. The molecule has 0 bridgehead atoms. The van der Waals surface area contributed by atoms with Gasteiger partial charge >= 0.3 is 5.97 Å². The highest BCUT2D eigenvalue weighted by Gasteiger charge is 2.13. The lowest BCUT2D eigenvalue weighted by atomic mass is 10.1. The van der Waals surface area contributed by atoms with E-state index in [1.165, 1.54) is 31.4 Å². The van der Waals surface area contributed by atoms with Crippen LogP contribution in [0.4, 0.5) is 4.39 Å². The molecule has 1 heterocycles. The summed E-state index contributed by atoms with van der Waals surface area (Å²) in [4.78, 5) is 10.6. The Balaban J connectivity index is 2.46. The van der Waals surface area contributed by atoms with Crippen LogP contribution in [0.5, 0.6) is 5.75 Å². The molecule has 0 radical (unpaired) electrons. The van der Waals surface area contributed by atoms with Gasteiger partial charge in [-0.15, -0.1) is 10.2 Å². The third kappa shape index (κ3) is 2.13. The molecule has 1 N–H and O–H groups in total. The van der Waals surface area contributed by atoms with Crippen LogP contribution >= 0.6 is 0 Å². The molecule has 0 saturated heterocycles. The zero-order valence-electron chi connectivity index (χ0n) is 9.42. The Bertz CT molecular complexity index is 584. The fourth-order valence-electron chi connectivity index (χ4n) is 1.46. The normalized spacial score (nSPS) is 10.1. The summed E-state index contributed by atoms with van der Waals surface area (Å²) in [6, 6.07) is 7.28. The Labute approximate surface area is 102 Å². The van der Waals surface area contributed by atoms with Crippen molar-refractivity contribution in [3.8, 4) is 17.0 Å². The van der Waals surface area contributed by atoms with Crippen LogP contribution in [0.15, 0.2) is 30.3 Å². The van der Waals surface area contributed by atoms with Crippen LogP contribution < -0.4 is 4.74 Å². The molecule has 2 aromatic rings. The number of hydrogen-bond acceptors (Lipinski definition) is 4. The van der Waals surface area contributed by atoms with E-state index in [0.717, 1.165) is 0 Å². The molecule has 0 amide bonds. The monoisotopic (exact) mass is 248 g/mol. The summed E-state index contributed by atoms with van der Waals surface area (Å²) in [6.07, 6.45) is 0. The largest absolute Gasteiger partial charge is 0.494 e. The van der Waals surface area contributed by atoms with Gasteiger partial charge in [0.2, 0.25) is 0 Å². The number of nitrogens with zero attached hydrogens (tertiary/aromatic N) is 2. The first kappa shape index (κ1) is 12.0.